The molecule has 0 bridgehead atoms. The fourth-order valence-corrected chi connectivity index (χ4v) is 7.03. The number of fused-ring (bicyclic) bond motifs is 1. The molecule has 2 aromatic rings. The number of nitrogens with zero attached hydrogens (tertiary/aromatic N) is 3. The number of hydrogen-bond donors (Lipinski definition) is 2. The van der Waals surface area contributed by atoms with Crippen molar-refractivity contribution in [2.24, 2.45) is 0 Å². The SMILES string of the molecule is O=C([O-])C(=O)C[n+]1ccc(SCC2=C(C(=O)O)N3C(=O)[C@@H](NC(=S)Cc4cc(Cl)nc(Cl)c4)[C@H]3SC2)cc1. The Hall–Kier alpha value is -2.71. The molecule has 0 aromatic carbocycles. The monoisotopic (exact) mass is 612 g/mol. The summed E-state index contributed by atoms with van der Waals surface area (Å²) in [6, 6.07) is 5.97. The van der Waals surface area contributed by atoms with Crippen molar-refractivity contribution in [3.8, 4) is 0 Å². The number of carbonyl (C=O) groups is 4. The van der Waals surface area contributed by atoms with Crippen LogP contribution < -0.4 is 15.0 Å². The van der Waals surface area contributed by atoms with Gasteiger partial charge < -0.3 is 20.3 Å². The Morgan fingerprint density at radius 2 is 1.92 bits per heavy atom. The number of hydrogen-bond acceptors (Lipinski definition) is 9. The normalized spacial score (nSPS) is 18.5. The summed E-state index contributed by atoms with van der Waals surface area (Å²) in [6.45, 7) is -0.348. The number of aromatic nitrogens is 2. The number of aliphatic carboxylic acids is 2. The Morgan fingerprint density at radius 3 is 2.53 bits per heavy atom. The van der Waals surface area contributed by atoms with E-state index < -0.39 is 29.1 Å². The van der Waals surface area contributed by atoms with Crippen LogP contribution >= 0.6 is 58.9 Å². The summed E-state index contributed by atoms with van der Waals surface area (Å²) in [4.78, 5) is 53.3. The minimum Gasteiger partial charge on any atom is -0.542 e. The van der Waals surface area contributed by atoms with Crippen LogP contribution in [0.4, 0.5) is 0 Å². The second kappa shape index (κ2) is 12.0. The zero-order chi connectivity index (χ0) is 27.6. The first-order chi connectivity index (χ1) is 18.0. The van der Waals surface area contributed by atoms with Crippen molar-refractivity contribution in [2.75, 3.05) is 11.5 Å². The number of carboxylic acid groups (broad SMARTS) is 2. The number of amides is 1. The van der Waals surface area contributed by atoms with E-state index >= 15 is 0 Å². The van der Waals surface area contributed by atoms with E-state index in [1.165, 1.54) is 33.0 Å². The van der Waals surface area contributed by atoms with Gasteiger partial charge in [0.1, 0.15) is 33.4 Å². The van der Waals surface area contributed by atoms with E-state index in [0.717, 1.165) is 10.5 Å². The molecule has 0 radical (unpaired) electrons. The first-order valence-corrected chi connectivity index (χ1v) is 14.1. The predicted molar refractivity (Wildman–Crippen MR) is 143 cm³/mol. The summed E-state index contributed by atoms with van der Waals surface area (Å²) in [5.74, 6) is -3.62. The van der Waals surface area contributed by atoms with Crippen LogP contribution in [0.5, 0.6) is 0 Å². The number of pyridine rings is 2. The van der Waals surface area contributed by atoms with Crippen molar-refractivity contribution in [1.82, 2.24) is 15.2 Å². The molecule has 2 atom stereocenters. The van der Waals surface area contributed by atoms with E-state index in [-0.39, 0.29) is 28.5 Å². The van der Waals surface area contributed by atoms with Crippen molar-refractivity contribution in [1.29, 1.82) is 0 Å². The topological polar surface area (TPSA) is 144 Å². The third kappa shape index (κ3) is 6.46. The number of halogens is 2. The maximum atomic E-state index is 13.0. The summed E-state index contributed by atoms with van der Waals surface area (Å²) < 4.78 is 1.40. The van der Waals surface area contributed by atoms with Crippen LogP contribution in [0.2, 0.25) is 10.3 Å². The second-order valence-electron chi connectivity index (χ2n) is 8.22. The van der Waals surface area contributed by atoms with E-state index in [0.29, 0.717) is 28.5 Å². The van der Waals surface area contributed by atoms with Gasteiger partial charge in [-0.15, -0.1) is 23.5 Å². The first kappa shape index (κ1) is 28.3. The standard InChI is InChI=1S/C23H18Cl2N4O6S3/c24-15-5-11(6-16(25)26-15)7-17(36)27-18-20(31)29-19(23(34)35)12(10-38-21(18)29)9-37-13-1-3-28(4-2-13)8-14(30)22(32)33/h1-6,18,21H,7-10H2,(H2-,27,32,33,34,35,36)/t18-,21-/m1/s1. The Kier molecular flexibility index (Phi) is 8.93. The van der Waals surface area contributed by atoms with Crippen molar-refractivity contribution < 1.29 is 34.0 Å². The fourth-order valence-electron chi connectivity index (χ4n) is 3.87. The van der Waals surface area contributed by atoms with Gasteiger partial charge in [0.25, 0.3) is 5.91 Å². The summed E-state index contributed by atoms with van der Waals surface area (Å²) >= 11 is 20.1. The molecule has 0 aliphatic carbocycles. The van der Waals surface area contributed by atoms with Crippen LogP contribution in [0.3, 0.4) is 0 Å². The van der Waals surface area contributed by atoms with E-state index in [1.54, 1.807) is 36.7 Å². The van der Waals surface area contributed by atoms with E-state index in [4.69, 9.17) is 35.4 Å². The molecule has 10 nitrogen and oxygen atoms in total. The second-order valence-corrected chi connectivity index (χ2v) is 11.6. The third-order valence-electron chi connectivity index (χ3n) is 5.58. The predicted octanol–water partition coefficient (Wildman–Crippen LogP) is 0.869. The Balaban J connectivity index is 1.39. The average molecular weight is 614 g/mol. The molecular weight excluding hydrogens is 595 g/mol. The molecule has 2 aliphatic heterocycles. The quantitative estimate of drug-likeness (QED) is 0.0984. The maximum absolute atomic E-state index is 13.0. The highest BCUT2D eigenvalue weighted by Gasteiger charge is 2.53. The molecule has 0 saturated carbocycles. The number of thioether (sulfide) groups is 2. The van der Waals surface area contributed by atoms with Gasteiger partial charge in [-0.25, -0.2) is 9.78 Å². The highest BCUT2D eigenvalue weighted by Crippen LogP contribution is 2.41. The van der Waals surface area contributed by atoms with Gasteiger partial charge in [0.05, 0.1) is 4.99 Å². The molecule has 0 unspecified atom stereocenters. The lowest BCUT2D eigenvalue weighted by molar-refractivity contribution is -0.684. The lowest BCUT2D eigenvalue weighted by atomic mass is 10.0. The molecule has 1 amide bonds. The first-order valence-electron chi connectivity index (χ1n) is 10.9. The van der Waals surface area contributed by atoms with Gasteiger partial charge in [-0.3, -0.25) is 14.5 Å². The molecule has 2 aromatic heterocycles. The number of carbonyl (C=O) groups excluding carboxylic acids is 3. The van der Waals surface area contributed by atoms with E-state index in [9.17, 15) is 29.4 Å². The lowest BCUT2D eigenvalue weighted by Gasteiger charge is -2.49. The van der Waals surface area contributed by atoms with Gasteiger partial charge in [0, 0.05) is 35.0 Å². The minimum atomic E-state index is -1.75. The van der Waals surface area contributed by atoms with Crippen LogP contribution in [0.25, 0.3) is 0 Å². The Bertz CT molecular complexity index is 1350. The molecule has 2 aliphatic rings. The largest absolute Gasteiger partial charge is 0.542 e. The van der Waals surface area contributed by atoms with Crippen LogP contribution in [0.1, 0.15) is 5.56 Å². The molecule has 198 valence electrons. The van der Waals surface area contributed by atoms with E-state index in [1.807, 2.05) is 0 Å². The molecule has 4 rings (SSSR count). The highest BCUT2D eigenvalue weighted by molar-refractivity contribution is 8.01. The molecular formula is C23H18Cl2N4O6S3. The van der Waals surface area contributed by atoms with Crippen LogP contribution in [-0.4, -0.2) is 66.5 Å². The van der Waals surface area contributed by atoms with Gasteiger partial charge >= 0.3 is 5.97 Å². The summed E-state index contributed by atoms with van der Waals surface area (Å²) in [7, 11) is 0. The van der Waals surface area contributed by atoms with E-state index in [2.05, 4.69) is 10.3 Å². The molecule has 0 spiro atoms. The number of thiocarbonyl (C=S) groups is 1. The summed E-state index contributed by atoms with van der Waals surface area (Å²) in [5.41, 5.74) is 1.30. The number of ketones is 1. The third-order valence-corrected chi connectivity index (χ3v) is 8.67. The summed E-state index contributed by atoms with van der Waals surface area (Å²) in [6.07, 6.45) is 3.39. The van der Waals surface area contributed by atoms with Crippen LogP contribution in [0.15, 0.2) is 52.8 Å². The lowest BCUT2D eigenvalue weighted by Crippen LogP contribution is -2.70. The van der Waals surface area contributed by atoms with Gasteiger partial charge in [-0.2, -0.15) is 4.57 Å². The molecule has 4 heterocycles. The number of rotatable bonds is 10. The van der Waals surface area contributed by atoms with Crippen molar-refractivity contribution in [3.63, 3.8) is 0 Å². The van der Waals surface area contributed by atoms with Crippen molar-refractivity contribution in [2.45, 2.75) is 29.3 Å². The van der Waals surface area contributed by atoms with Crippen LogP contribution in [-0.2, 0) is 32.1 Å². The molecule has 38 heavy (non-hydrogen) atoms. The van der Waals surface area contributed by atoms with Gasteiger partial charge in [0.15, 0.2) is 12.4 Å². The molecule has 2 N–H and O–H groups in total. The minimum absolute atomic E-state index is 0.0338. The summed E-state index contributed by atoms with van der Waals surface area (Å²) in [5, 5.41) is 23.6. The van der Waals surface area contributed by atoms with Gasteiger partial charge in [-0.05, 0) is 23.3 Å². The zero-order valence-electron chi connectivity index (χ0n) is 19.3. The number of carboxylic acids is 2. The van der Waals surface area contributed by atoms with Crippen LogP contribution in [0, 0.1) is 0 Å². The number of nitrogens with one attached hydrogen (secondary N) is 1. The number of β-lactam (4-membered cyclic amide) rings is 1. The highest BCUT2D eigenvalue weighted by atomic mass is 35.5. The smallest absolute Gasteiger partial charge is 0.352 e. The Morgan fingerprint density at radius 1 is 1.26 bits per heavy atom. The maximum Gasteiger partial charge on any atom is 0.352 e. The van der Waals surface area contributed by atoms with Gasteiger partial charge in [0.2, 0.25) is 12.3 Å². The molecule has 1 saturated heterocycles. The fraction of sp³-hybridized carbons (Fsp3) is 0.261. The van der Waals surface area contributed by atoms with Gasteiger partial charge in [-0.1, -0.05) is 35.4 Å². The molecule has 1 fully saturated rings. The van der Waals surface area contributed by atoms with Crippen molar-refractivity contribution >= 4 is 87.6 Å². The molecule has 15 heteroatoms. The number of Topliss-reactive ketones (excluding diaryl/α,β-unsaturated/α-hetero) is 1. The zero-order valence-corrected chi connectivity index (χ0v) is 23.2. The Labute approximate surface area is 240 Å². The average Bonchev–Trinajstić information content (AvgIpc) is 2.85. The van der Waals surface area contributed by atoms with Crippen molar-refractivity contribution in [3.05, 3.63) is 63.8 Å².